The third-order valence-electron chi connectivity index (χ3n) is 4.64. The van der Waals surface area contributed by atoms with Crippen molar-refractivity contribution < 1.29 is 12.8 Å². The molecule has 0 spiro atoms. The monoisotopic (exact) mass is 372 g/mol. The van der Waals surface area contributed by atoms with E-state index in [0.717, 1.165) is 30.5 Å². The highest BCUT2D eigenvalue weighted by atomic mass is 32.2. The second-order valence-electron chi connectivity index (χ2n) is 6.68. The highest BCUT2D eigenvalue weighted by Crippen LogP contribution is 2.32. The van der Waals surface area contributed by atoms with Gasteiger partial charge in [0, 0.05) is 19.3 Å². The first-order valence-electron chi connectivity index (χ1n) is 8.56. The number of aryl methyl sites for hydroxylation is 1. The van der Waals surface area contributed by atoms with Crippen LogP contribution in [0.25, 0.3) is 11.1 Å². The number of rotatable bonds is 3. The lowest BCUT2D eigenvalue weighted by Crippen LogP contribution is -2.36. The first-order chi connectivity index (χ1) is 12.4. The van der Waals surface area contributed by atoms with Crippen molar-refractivity contribution in [2.75, 3.05) is 24.2 Å². The highest BCUT2D eigenvalue weighted by molar-refractivity contribution is 7.90. The largest absolute Gasteiger partial charge is 0.440 e. The van der Waals surface area contributed by atoms with Gasteiger partial charge >= 0.3 is 0 Å². The summed E-state index contributed by atoms with van der Waals surface area (Å²) < 4.78 is 30.2. The molecule has 2 aromatic heterocycles. The Labute approximate surface area is 152 Å². The number of oxazole rings is 1. The molecule has 0 saturated carbocycles. The quantitative estimate of drug-likeness (QED) is 0.698. The number of anilines is 1. The molecule has 136 valence electrons. The third kappa shape index (κ3) is 3.16. The zero-order valence-corrected chi connectivity index (χ0v) is 15.5. The van der Waals surface area contributed by atoms with Gasteiger partial charge in [-0.3, -0.25) is 0 Å². The summed E-state index contributed by atoms with van der Waals surface area (Å²) in [6.07, 6.45) is 4.44. The molecule has 0 bridgehead atoms. The van der Waals surface area contributed by atoms with Gasteiger partial charge in [0.05, 0.1) is 12.1 Å². The number of aromatic nitrogens is 3. The molecule has 4 rings (SSSR count). The maximum Gasteiger partial charge on any atom is 0.200 e. The van der Waals surface area contributed by atoms with E-state index >= 15 is 0 Å². The number of hydrogen-bond acceptors (Lipinski definition) is 7. The minimum absolute atomic E-state index is 0.0961. The maximum absolute atomic E-state index is 12.1. The molecule has 0 aliphatic carbocycles. The van der Waals surface area contributed by atoms with Crippen LogP contribution in [0.15, 0.2) is 39.8 Å². The smallest absolute Gasteiger partial charge is 0.200 e. The molecule has 1 atom stereocenters. The summed E-state index contributed by atoms with van der Waals surface area (Å²) in [7, 11) is -3.41. The van der Waals surface area contributed by atoms with E-state index in [1.54, 1.807) is 6.92 Å². The molecule has 0 N–H and O–H groups in total. The Morgan fingerprint density at radius 1 is 1.23 bits per heavy atom. The zero-order chi connectivity index (χ0) is 18.3. The van der Waals surface area contributed by atoms with Crippen molar-refractivity contribution in [3.63, 3.8) is 0 Å². The van der Waals surface area contributed by atoms with Crippen molar-refractivity contribution in [3.05, 3.63) is 42.2 Å². The zero-order valence-electron chi connectivity index (χ0n) is 14.7. The Morgan fingerprint density at radius 3 is 2.81 bits per heavy atom. The minimum Gasteiger partial charge on any atom is -0.440 e. The first-order valence-corrected chi connectivity index (χ1v) is 10.4. The van der Waals surface area contributed by atoms with Gasteiger partial charge in [0.15, 0.2) is 27.1 Å². The molecule has 0 radical (unpaired) electrons. The summed E-state index contributed by atoms with van der Waals surface area (Å²) in [5.41, 5.74) is 1.61. The molecule has 1 aliphatic rings. The van der Waals surface area contributed by atoms with Gasteiger partial charge in [0.2, 0.25) is 0 Å². The summed E-state index contributed by atoms with van der Waals surface area (Å²) >= 11 is 0. The van der Waals surface area contributed by atoms with E-state index in [1.165, 1.54) is 12.5 Å². The van der Waals surface area contributed by atoms with Crippen LogP contribution in [0.5, 0.6) is 0 Å². The second kappa shape index (κ2) is 6.35. The lowest BCUT2D eigenvalue weighted by atomic mass is 9.98. The Balaban J connectivity index is 1.68. The Kier molecular flexibility index (Phi) is 4.14. The van der Waals surface area contributed by atoms with Gasteiger partial charge in [-0.05, 0) is 31.9 Å². The molecule has 0 amide bonds. The van der Waals surface area contributed by atoms with E-state index in [2.05, 4.69) is 15.0 Å². The van der Waals surface area contributed by atoms with Gasteiger partial charge in [-0.2, -0.15) is 0 Å². The fraction of sp³-hybridized carbons (Fsp3) is 0.389. The number of sulfone groups is 1. The number of fused-ring (bicyclic) bond motifs is 1. The molecule has 1 saturated heterocycles. The van der Waals surface area contributed by atoms with Gasteiger partial charge in [0.1, 0.15) is 16.2 Å². The van der Waals surface area contributed by atoms with Gasteiger partial charge in [-0.1, -0.05) is 12.1 Å². The molecule has 8 heteroatoms. The standard InChI is InChI=1S/C18H20N4O3S/c1-12-19-10-16(26(2,23)24)17(20-12)22-9-5-6-13(11-22)18-21-14-7-3-4-8-15(14)25-18/h3-4,7-8,10,13H,5-6,9,11H2,1-2H3/t13-/m0/s1. The molecular formula is C18H20N4O3S. The maximum atomic E-state index is 12.1. The van der Waals surface area contributed by atoms with Gasteiger partial charge < -0.3 is 9.32 Å². The summed E-state index contributed by atoms with van der Waals surface area (Å²) in [4.78, 5) is 15.3. The van der Waals surface area contributed by atoms with Crippen molar-refractivity contribution >= 4 is 26.8 Å². The molecule has 1 aromatic carbocycles. The van der Waals surface area contributed by atoms with E-state index in [9.17, 15) is 8.42 Å². The summed E-state index contributed by atoms with van der Waals surface area (Å²) in [5.74, 6) is 1.82. The summed E-state index contributed by atoms with van der Waals surface area (Å²) in [6, 6.07) is 7.69. The number of hydrogen-bond donors (Lipinski definition) is 0. The van der Waals surface area contributed by atoms with Crippen LogP contribution in [0.2, 0.25) is 0 Å². The summed E-state index contributed by atoms with van der Waals surface area (Å²) in [6.45, 7) is 3.12. The van der Waals surface area contributed by atoms with Crippen molar-refractivity contribution in [3.8, 4) is 0 Å². The predicted octanol–water partition coefficient (Wildman–Crippen LogP) is 2.71. The van der Waals surface area contributed by atoms with E-state index < -0.39 is 9.84 Å². The van der Waals surface area contributed by atoms with Crippen molar-refractivity contribution in [2.24, 2.45) is 0 Å². The van der Waals surface area contributed by atoms with Gasteiger partial charge in [-0.15, -0.1) is 0 Å². The Bertz CT molecular complexity index is 1030. The second-order valence-corrected chi connectivity index (χ2v) is 8.67. The highest BCUT2D eigenvalue weighted by Gasteiger charge is 2.29. The molecule has 3 aromatic rings. The predicted molar refractivity (Wildman–Crippen MR) is 98.1 cm³/mol. The van der Waals surface area contributed by atoms with Crippen LogP contribution in [0.3, 0.4) is 0 Å². The number of benzene rings is 1. The number of para-hydroxylation sites is 2. The molecule has 26 heavy (non-hydrogen) atoms. The normalized spacial score (nSPS) is 18.4. The van der Waals surface area contributed by atoms with Crippen LogP contribution >= 0.6 is 0 Å². The van der Waals surface area contributed by atoms with Crippen molar-refractivity contribution in [1.82, 2.24) is 15.0 Å². The van der Waals surface area contributed by atoms with E-state index in [1.807, 2.05) is 29.2 Å². The van der Waals surface area contributed by atoms with Gasteiger partial charge in [0.25, 0.3) is 0 Å². The van der Waals surface area contributed by atoms with E-state index in [0.29, 0.717) is 24.1 Å². The van der Waals surface area contributed by atoms with Crippen LogP contribution in [0, 0.1) is 6.92 Å². The van der Waals surface area contributed by atoms with Crippen LogP contribution in [-0.4, -0.2) is 42.7 Å². The average molecular weight is 372 g/mol. The van der Waals surface area contributed by atoms with Crippen LogP contribution in [0.4, 0.5) is 5.82 Å². The number of piperidine rings is 1. The minimum atomic E-state index is -3.41. The average Bonchev–Trinajstić information content (AvgIpc) is 3.05. The fourth-order valence-electron chi connectivity index (χ4n) is 3.37. The lowest BCUT2D eigenvalue weighted by molar-refractivity contribution is 0.411. The fourth-order valence-corrected chi connectivity index (χ4v) is 4.12. The molecular weight excluding hydrogens is 352 g/mol. The molecule has 1 aliphatic heterocycles. The van der Waals surface area contributed by atoms with Crippen molar-refractivity contribution in [1.29, 1.82) is 0 Å². The Hall–Kier alpha value is -2.48. The molecule has 3 heterocycles. The SMILES string of the molecule is Cc1ncc(S(C)(=O)=O)c(N2CCC[C@H](c3nc4ccccc4o3)C2)n1. The molecule has 7 nitrogen and oxygen atoms in total. The molecule has 0 unspecified atom stereocenters. The van der Waals surface area contributed by atoms with Crippen molar-refractivity contribution in [2.45, 2.75) is 30.6 Å². The summed E-state index contributed by atoms with van der Waals surface area (Å²) in [5, 5.41) is 0. The van der Waals surface area contributed by atoms with Crippen LogP contribution in [0.1, 0.15) is 30.5 Å². The molecule has 1 fully saturated rings. The van der Waals surface area contributed by atoms with Crippen LogP contribution < -0.4 is 4.90 Å². The van der Waals surface area contributed by atoms with E-state index in [-0.39, 0.29) is 10.8 Å². The third-order valence-corrected chi connectivity index (χ3v) is 5.72. The van der Waals surface area contributed by atoms with Crippen LogP contribution in [-0.2, 0) is 9.84 Å². The topological polar surface area (TPSA) is 89.2 Å². The lowest BCUT2D eigenvalue weighted by Gasteiger charge is -2.33. The number of nitrogens with zero attached hydrogens (tertiary/aromatic N) is 4. The van der Waals surface area contributed by atoms with Gasteiger partial charge in [-0.25, -0.2) is 23.4 Å². The Morgan fingerprint density at radius 2 is 2.04 bits per heavy atom. The first kappa shape index (κ1) is 17.0. The van der Waals surface area contributed by atoms with E-state index in [4.69, 9.17) is 4.42 Å².